The number of hydrogen-bond donors (Lipinski definition) is 0. The molecule has 4 aromatic carbocycles. The van der Waals surface area contributed by atoms with E-state index in [-0.39, 0.29) is 11.6 Å². The molecule has 4 nitrogen and oxygen atoms in total. The molecule has 2 atom stereocenters. The monoisotopic (exact) mass is 674 g/mol. The fraction of sp³-hybridized carbons (Fsp3) is 0.368. The van der Waals surface area contributed by atoms with E-state index in [1.54, 1.807) is 0 Å². The summed E-state index contributed by atoms with van der Waals surface area (Å²) in [6.07, 6.45) is 3.48. The summed E-state index contributed by atoms with van der Waals surface area (Å²) >= 11 is 3.59. The number of rotatable bonds is 12. The van der Waals surface area contributed by atoms with Crippen LogP contribution in [0.4, 0.5) is 8.78 Å². The Balaban J connectivity index is 1.19. The van der Waals surface area contributed by atoms with Gasteiger partial charge in [-0.25, -0.2) is 8.78 Å². The lowest BCUT2D eigenvalue weighted by atomic mass is 9.81. The molecule has 0 bridgehead atoms. The summed E-state index contributed by atoms with van der Waals surface area (Å²) in [5, 5.41) is 0. The molecular formula is C38H41BrF2N2O2. The van der Waals surface area contributed by atoms with Gasteiger partial charge in [-0.3, -0.25) is 0 Å². The Bertz CT molecular complexity index is 1630. The SMILES string of the molecule is CN(C)CCCC1(c2ccc(F)cc2)OCc2ccc(CN(C)CCCC3(c4ccc(F)cc4)OCc4cc(Br)ccc43)cc21. The molecule has 0 N–H and O–H groups in total. The minimum absolute atomic E-state index is 0.239. The van der Waals surface area contributed by atoms with Gasteiger partial charge in [-0.15, -0.1) is 0 Å². The van der Waals surface area contributed by atoms with Gasteiger partial charge < -0.3 is 19.3 Å². The first-order valence-corrected chi connectivity index (χ1v) is 16.5. The van der Waals surface area contributed by atoms with Crippen LogP contribution in [0.2, 0.25) is 0 Å². The lowest BCUT2D eigenvalue weighted by Gasteiger charge is -2.32. The van der Waals surface area contributed by atoms with Crippen molar-refractivity contribution in [1.29, 1.82) is 0 Å². The number of nitrogens with zero attached hydrogens (tertiary/aromatic N) is 2. The number of hydrogen-bond acceptors (Lipinski definition) is 4. The zero-order valence-corrected chi connectivity index (χ0v) is 27.9. The summed E-state index contributed by atoms with van der Waals surface area (Å²) in [6, 6.07) is 26.6. The second-order valence-corrected chi connectivity index (χ2v) is 13.7. The van der Waals surface area contributed by atoms with Crippen molar-refractivity contribution in [3.8, 4) is 0 Å². The zero-order valence-electron chi connectivity index (χ0n) is 26.3. The number of halogens is 3. The molecule has 0 spiro atoms. The predicted octanol–water partition coefficient (Wildman–Crippen LogP) is 8.53. The van der Waals surface area contributed by atoms with Gasteiger partial charge in [0, 0.05) is 11.0 Å². The van der Waals surface area contributed by atoms with Crippen molar-refractivity contribution in [3.05, 3.63) is 140 Å². The Labute approximate surface area is 274 Å². The summed E-state index contributed by atoms with van der Waals surface area (Å²) in [6.45, 7) is 3.70. The van der Waals surface area contributed by atoms with Gasteiger partial charge in [-0.05, 0) is 135 Å². The average Bonchev–Trinajstić information content (AvgIpc) is 3.57. The van der Waals surface area contributed by atoms with E-state index >= 15 is 0 Å². The third-order valence-corrected chi connectivity index (χ3v) is 9.83. The Hall–Kier alpha value is -2.94. The van der Waals surface area contributed by atoms with Crippen molar-refractivity contribution >= 4 is 15.9 Å². The Kier molecular flexibility index (Phi) is 9.55. The average molecular weight is 676 g/mol. The molecule has 0 fully saturated rings. The van der Waals surface area contributed by atoms with Crippen LogP contribution in [0.25, 0.3) is 0 Å². The summed E-state index contributed by atoms with van der Waals surface area (Å²) < 4.78 is 42.0. The van der Waals surface area contributed by atoms with Crippen molar-refractivity contribution in [2.24, 2.45) is 0 Å². The molecule has 0 aromatic heterocycles. The summed E-state index contributed by atoms with van der Waals surface area (Å²) in [5.74, 6) is -0.486. The van der Waals surface area contributed by atoms with Crippen LogP contribution in [0.1, 0.15) is 64.6 Å². The van der Waals surface area contributed by atoms with E-state index in [0.717, 1.165) is 72.0 Å². The van der Waals surface area contributed by atoms with Gasteiger partial charge >= 0.3 is 0 Å². The molecule has 236 valence electrons. The van der Waals surface area contributed by atoms with Crippen LogP contribution in [-0.4, -0.2) is 44.0 Å². The molecule has 2 heterocycles. The van der Waals surface area contributed by atoms with E-state index < -0.39 is 11.2 Å². The van der Waals surface area contributed by atoms with Crippen molar-refractivity contribution < 1.29 is 18.3 Å². The van der Waals surface area contributed by atoms with Crippen molar-refractivity contribution in [2.75, 3.05) is 34.2 Å². The van der Waals surface area contributed by atoms with Gasteiger partial charge in [-0.1, -0.05) is 64.5 Å². The first kappa shape index (κ1) is 32.0. The molecule has 2 aliphatic heterocycles. The minimum Gasteiger partial charge on any atom is -0.361 e. The number of ether oxygens (including phenoxy) is 2. The smallest absolute Gasteiger partial charge is 0.123 e. The molecule has 0 saturated heterocycles. The number of benzene rings is 4. The van der Waals surface area contributed by atoms with E-state index in [1.807, 2.05) is 24.3 Å². The molecule has 7 heteroatoms. The van der Waals surface area contributed by atoms with Crippen LogP contribution in [0.3, 0.4) is 0 Å². The molecule has 0 aliphatic carbocycles. The van der Waals surface area contributed by atoms with Crippen LogP contribution in [0, 0.1) is 11.6 Å². The molecule has 2 unspecified atom stereocenters. The van der Waals surface area contributed by atoms with Gasteiger partial charge in [0.25, 0.3) is 0 Å². The standard InChI is InChI=1S/C38H41BrF2N2O2/c1-42(2)20-4-18-38(31-10-15-34(41)16-11-31)36-22-27(6-7-28(36)25-44-38)24-43(3)21-5-19-37(30-8-13-33(40)14-9-30)35-17-12-32(39)23-29(35)26-45-37/h6-17,22-23H,4-5,18-21,24-26H2,1-3H3. The third-order valence-electron chi connectivity index (χ3n) is 9.34. The van der Waals surface area contributed by atoms with E-state index in [1.165, 1.54) is 41.0 Å². The van der Waals surface area contributed by atoms with Crippen molar-refractivity contribution in [2.45, 2.75) is 56.6 Å². The molecular weight excluding hydrogens is 634 g/mol. The first-order valence-electron chi connectivity index (χ1n) is 15.7. The van der Waals surface area contributed by atoms with Crippen LogP contribution < -0.4 is 0 Å². The molecule has 6 rings (SSSR count). The zero-order chi connectivity index (χ0) is 31.6. The fourth-order valence-corrected chi connectivity index (χ4v) is 7.52. The molecule has 0 radical (unpaired) electrons. The molecule has 0 saturated carbocycles. The van der Waals surface area contributed by atoms with E-state index in [0.29, 0.717) is 13.2 Å². The highest BCUT2D eigenvalue weighted by atomic mass is 79.9. The van der Waals surface area contributed by atoms with Crippen LogP contribution in [0.15, 0.2) is 89.4 Å². The first-order chi connectivity index (χ1) is 21.7. The molecule has 2 aliphatic rings. The summed E-state index contributed by atoms with van der Waals surface area (Å²) in [4.78, 5) is 4.53. The summed E-state index contributed by atoms with van der Waals surface area (Å²) in [5.41, 5.74) is 6.73. The van der Waals surface area contributed by atoms with Crippen LogP contribution in [-0.2, 0) is 40.4 Å². The van der Waals surface area contributed by atoms with Gasteiger partial charge in [0.15, 0.2) is 0 Å². The van der Waals surface area contributed by atoms with Gasteiger partial charge in [-0.2, -0.15) is 0 Å². The van der Waals surface area contributed by atoms with Crippen molar-refractivity contribution in [1.82, 2.24) is 9.80 Å². The topological polar surface area (TPSA) is 24.9 Å². The predicted molar refractivity (Wildman–Crippen MR) is 178 cm³/mol. The number of fused-ring (bicyclic) bond motifs is 2. The van der Waals surface area contributed by atoms with Gasteiger partial charge in [0.05, 0.1) is 13.2 Å². The van der Waals surface area contributed by atoms with E-state index in [2.05, 4.69) is 83.3 Å². The normalized spacial score (nSPS) is 20.6. The second kappa shape index (κ2) is 13.4. The highest BCUT2D eigenvalue weighted by Gasteiger charge is 2.43. The molecule has 0 amide bonds. The van der Waals surface area contributed by atoms with Crippen molar-refractivity contribution in [3.63, 3.8) is 0 Å². The van der Waals surface area contributed by atoms with Gasteiger partial charge in [0.2, 0.25) is 0 Å². The van der Waals surface area contributed by atoms with Gasteiger partial charge in [0.1, 0.15) is 22.8 Å². The lowest BCUT2D eigenvalue weighted by Crippen LogP contribution is -2.30. The largest absolute Gasteiger partial charge is 0.361 e. The Morgan fingerprint density at radius 3 is 1.87 bits per heavy atom. The maximum atomic E-state index is 13.9. The highest BCUT2D eigenvalue weighted by molar-refractivity contribution is 9.10. The third kappa shape index (κ3) is 6.65. The quantitative estimate of drug-likeness (QED) is 0.150. The highest BCUT2D eigenvalue weighted by Crippen LogP contribution is 2.47. The van der Waals surface area contributed by atoms with E-state index in [9.17, 15) is 8.78 Å². The second-order valence-electron chi connectivity index (χ2n) is 12.8. The fourth-order valence-electron chi connectivity index (χ4n) is 7.11. The summed E-state index contributed by atoms with van der Waals surface area (Å²) in [7, 11) is 6.32. The van der Waals surface area contributed by atoms with Crippen LogP contribution in [0.5, 0.6) is 0 Å². The minimum atomic E-state index is -0.600. The van der Waals surface area contributed by atoms with Crippen LogP contribution >= 0.6 is 15.9 Å². The maximum Gasteiger partial charge on any atom is 0.123 e. The maximum absolute atomic E-state index is 13.9. The Morgan fingerprint density at radius 2 is 1.24 bits per heavy atom. The lowest BCUT2D eigenvalue weighted by molar-refractivity contribution is -0.0145. The Morgan fingerprint density at radius 1 is 0.667 bits per heavy atom. The molecule has 4 aromatic rings. The molecule has 45 heavy (non-hydrogen) atoms. The van der Waals surface area contributed by atoms with E-state index in [4.69, 9.17) is 9.47 Å².